The van der Waals surface area contributed by atoms with E-state index in [0.717, 1.165) is 54.3 Å². The molecule has 1 saturated heterocycles. The lowest BCUT2D eigenvalue weighted by Gasteiger charge is -2.35. The van der Waals surface area contributed by atoms with Crippen molar-refractivity contribution in [1.29, 1.82) is 0 Å². The second kappa shape index (κ2) is 9.58. The molecule has 1 unspecified atom stereocenters. The third-order valence-corrected chi connectivity index (χ3v) is 6.00. The summed E-state index contributed by atoms with van der Waals surface area (Å²) in [6.45, 7) is 4.73. The minimum atomic E-state index is -0.00241. The highest BCUT2D eigenvalue weighted by Gasteiger charge is 2.27. The summed E-state index contributed by atoms with van der Waals surface area (Å²) >= 11 is 0. The number of fused-ring (bicyclic) bond motifs is 1. The van der Waals surface area contributed by atoms with Gasteiger partial charge in [-0.3, -0.25) is 14.3 Å². The van der Waals surface area contributed by atoms with Crippen molar-refractivity contribution < 1.29 is 14.3 Å². The molecule has 5 rings (SSSR count). The van der Waals surface area contributed by atoms with Crippen molar-refractivity contribution in [1.82, 2.24) is 29.7 Å². The van der Waals surface area contributed by atoms with Crippen LogP contribution in [0.3, 0.4) is 0 Å². The average molecular weight is 449 g/mol. The molecule has 1 aromatic carbocycles. The van der Waals surface area contributed by atoms with Crippen molar-refractivity contribution in [2.45, 2.75) is 38.8 Å². The van der Waals surface area contributed by atoms with Gasteiger partial charge in [0.2, 0.25) is 11.9 Å². The van der Waals surface area contributed by atoms with Crippen molar-refractivity contribution in [3.8, 4) is 17.4 Å². The van der Waals surface area contributed by atoms with Gasteiger partial charge in [0, 0.05) is 24.6 Å². The number of amides is 1. The molecule has 1 fully saturated rings. The van der Waals surface area contributed by atoms with Crippen LogP contribution in [0.25, 0.3) is 5.95 Å². The number of aromatic nitrogens is 4. The summed E-state index contributed by atoms with van der Waals surface area (Å²) in [5.74, 6) is 2.09. The summed E-state index contributed by atoms with van der Waals surface area (Å²) in [6, 6.07) is 7.89. The Morgan fingerprint density at radius 1 is 1.15 bits per heavy atom. The smallest absolute Gasteiger partial charge is 0.235 e. The lowest BCUT2D eigenvalue weighted by Crippen LogP contribution is -2.41. The second-order valence-corrected chi connectivity index (χ2v) is 8.44. The van der Waals surface area contributed by atoms with Crippen LogP contribution in [0.2, 0.25) is 0 Å². The molecule has 172 valence electrons. The van der Waals surface area contributed by atoms with Crippen LogP contribution in [0.4, 0.5) is 0 Å². The fraction of sp³-hybridized carbons (Fsp3) is 0.417. The summed E-state index contributed by atoms with van der Waals surface area (Å²) < 4.78 is 13.0. The van der Waals surface area contributed by atoms with Crippen molar-refractivity contribution in [2.75, 3.05) is 26.3 Å². The second-order valence-electron chi connectivity index (χ2n) is 8.44. The number of nitrogens with zero attached hydrogens (tertiary/aromatic N) is 5. The Morgan fingerprint density at radius 2 is 2.03 bits per heavy atom. The molecule has 3 aromatic rings. The zero-order valence-electron chi connectivity index (χ0n) is 18.7. The number of hydrogen-bond donors (Lipinski definition) is 1. The zero-order valence-corrected chi connectivity index (χ0v) is 18.7. The van der Waals surface area contributed by atoms with E-state index in [-0.39, 0.29) is 11.9 Å². The van der Waals surface area contributed by atoms with E-state index in [2.05, 4.69) is 20.2 Å². The first-order valence-corrected chi connectivity index (χ1v) is 11.4. The van der Waals surface area contributed by atoms with Gasteiger partial charge in [-0.1, -0.05) is 12.5 Å². The number of hydrogen-bond acceptors (Lipinski definition) is 7. The lowest BCUT2D eigenvalue weighted by atomic mass is 9.98. The van der Waals surface area contributed by atoms with Crippen molar-refractivity contribution in [3.05, 3.63) is 59.9 Å². The van der Waals surface area contributed by atoms with Crippen LogP contribution < -0.4 is 14.8 Å². The summed E-state index contributed by atoms with van der Waals surface area (Å²) in [5.41, 5.74) is 2.84. The Balaban J connectivity index is 1.25. The van der Waals surface area contributed by atoms with Gasteiger partial charge < -0.3 is 14.8 Å². The number of imidazole rings is 1. The summed E-state index contributed by atoms with van der Waals surface area (Å²) in [7, 11) is 0. The van der Waals surface area contributed by atoms with E-state index in [1.165, 1.54) is 0 Å². The number of carbonyl (C=O) groups is 1. The normalized spacial score (nSPS) is 18.2. The van der Waals surface area contributed by atoms with Gasteiger partial charge in [-0.2, -0.15) is 0 Å². The van der Waals surface area contributed by atoms with Gasteiger partial charge in [-0.05, 0) is 50.1 Å². The molecule has 1 atom stereocenters. The maximum Gasteiger partial charge on any atom is 0.235 e. The van der Waals surface area contributed by atoms with E-state index < -0.39 is 0 Å². The SMILES string of the molecule is Cc1cc(C2CCCCN2CC(=O)NCc2ccc3c(c2)OCCO3)nc(-n2ccnc2)n1. The molecular weight excluding hydrogens is 420 g/mol. The first-order chi connectivity index (χ1) is 16.2. The number of piperidine rings is 1. The number of carbonyl (C=O) groups excluding carboxylic acids is 1. The largest absolute Gasteiger partial charge is 0.486 e. The summed E-state index contributed by atoms with van der Waals surface area (Å²) in [6.07, 6.45) is 8.40. The lowest BCUT2D eigenvalue weighted by molar-refractivity contribution is -0.123. The molecule has 9 heteroatoms. The van der Waals surface area contributed by atoms with E-state index in [4.69, 9.17) is 14.5 Å². The van der Waals surface area contributed by atoms with Crippen LogP contribution in [0.1, 0.15) is 42.3 Å². The third-order valence-electron chi connectivity index (χ3n) is 6.00. The number of benzene rings is 1. The fourth-order valence-electron chi connectivity index (χ4n) is 4.39. The molecule has 0 aliphatic carbocycles. The van der Waals surface area contributed by atoms with Gasteiger partial charge >= 0.3 is 0 Å². The fourth-order valence-corrected chi connectivity index (χ4v) is 4.39. The van der Waals surface area contributed by atoms with E-state index in [9.17, 15) is 4.79 Å². The van der Waals surface area contributed by atoms with Gasteiger partial charge in [-0.25, -0.2) is 15.0 Å². The Morgan fingerprint density at radius 3 is 2.88 bits per heavy atom. The quantitative estimate of drug-likeness (QED) is 0.619. The van der Waals surface area contributed by atoms with Crippen molar-refractivity contribution >= 4 is 5.91 Å². The third kappa shape index (κ3) is 4.98. The van der Waals surface area contributed by atoms with Crippen molar-refractivity contribution in [2.24, 2.45) is 0 Å². The van der Waals surface area contributed by atoms with E-state index >= 15 is 0 Å². The van der Waals surface area contributed by atoms with Gasteiger partial charge in [0.05, 0.1) is 18.3 Å². The molecule has 2 aliphatic heterocycles. The summed E-state index contributed by atoms with van der Waals surface area (Å²) in [5, 5.41) is 3.05. The van der Waals surface area contributed by atoms with Gasteiger partial charge in [0.25, 0.3) is 0 Å². The highest BCUT2D eigenvalue weighted by Crippen LogP contribution is 2.31. The monoisotopic (exact) mass is 448 g/mol. The van der Waals surface area contributed by atoms with Crippen LogP contribution in [-0.4, -0.2) is 56.6 Å². The average Bonchev–Trinajstić information content (AvgIpc) is 3.38. The molecule has 1 amide bonds. The van der Waals surface area contributed by atoms with Crippen LogP contribution >= 0.6 is 0 Å². The standard InChI is InChI=1S/C24H28N6O3/c1-17-12-19(28-24(27-17)30-9-7-25-16-30)20-4-2-3-8-29(20)15-23(31)26-14-18-5-6-21-22(13-18)33-11-10-32-21/h5-7,9,12-13,16,20H,2-4,8,10-11,14-15H2,1H3,(H,26,31). The van der Waals surface area contributed by atoms with Gasteiger partial charge in [-0.15, -0.1) is 0 Å². The molecule has 0 bridgehead atoms. The van der Waals surface area contributed by atoms with Crippen molar-refractivity contribution in [3.63, 3.8) is 0 Å². The Labute approximate surface area is 192 Å². The molecule has 0 radical (unpaired) electrons. The van der Waals surface area contributed by atoms with Crippen LogP contribution in [0.15, 0.2) is 43.0 Å². The van der Waals surface area contributed by atoms with E-state index in [1.807, 2.05) is 42.0 Å². The summed E-state index contributed by atoms with van der Waals surface area (Å²) in [4.78, 5) is 28.5. The van der Waals surface area contributed by atoms with Crippen LogP contribution in [0.5, 0.6) is 11.5 Å². The highest BCUT2D eigenvalue weighted by molar-refractivity contribution is 5.78. The molecule has 2 aliphatic rings. The van der Waals surface area contributed by atoms with Gasteiger partial charge in [0.15, 0.2) is 11.5 Å². The minimum absolute atomic E-state index is 0.00241. The predicted octanol–water partition coefficient (Wildman–Crippen LogP) is 2.59. The topological polar surface area (TPSA) is 94.4 Å². The van der Waals surface area contributed by atoms with Crippen LogP contribution in [0, 0.1) is 6.92 Å². The molecule has 1 N–H and O–H groups in total. The number of ether oxygens (including phenoxy) is 2. The first-order valence-electron chi connectivity index (χ1n) is 11.4. The maximum atomic E-state index is 12.8. The molecular formula is C24H28N6O3. The van der Waals surface area contributed by atoms with Gasteiger partial charge in [0.1, 0.15) is 19.5 Å². The number of rotatable bonds is 6. The molecule has 0 spiro atoms. The maximum absolute atomic E-state index is 12.8. The zero-order chi connectivity index (χ0) is 22.6. The van der Waals surface area contributed by atoms with E-state index in [1.54, 1.807) is 12.5 Å². The minimum Gasteiger partial charge on any atom is -0.486 e. The Hall–Kier alpha value is -3.46. The predicted molar refractivity (Wildman–Crippen MR) is 121 cm³/mol. The molecule has 4 heterocycles. The van der Waals surface area contributed by atoms with E-state index in [0.29, 0.717) is 32.3 Å². The molecule has 2 aromatic heterocycles. The Bertz CT molecular complexity index is 1120. The Kier molecular flexibility index (Phi) is 6.21. The first kappa shape index (κ1) is 21.4. The number of aryl methyl sites for hydroxylation is 1. The highest BCUT2D eigenvalue weighted by atomic mass is 16.6. The van der Waals surface area contributed by atoms with Crippen LogP contribution in [-0.2, 0) is 11.3 Å². The molecule has 9 nitrogen and oxygen atoms in total. The number of nitrogens with one attached hydrogen (secondary N) is 1. The molecule has 33 heavy (non-hydrogen) atoms. The number of likely N-dealkylation sites (tertiary alicyclic amines) is 1. The molecule has 0 saturated carbocycles.